The second-order valence-corrected chi connectivity index (χ2v) is 4.97. The maximum Gasteiger partial charge on any atom is 0.129 e. The first-order chi connectivity index (χ1) is 10.3. The summed E-state index contributed by atoms with van der Waals surface area (Å²) >= 11 is 0. The molecule has 1 aromatic heterocycles. The van der Waals surface area contributed by atoms with Crippen LogP contribution in [0.1, 0.15) is 23.3 Å². The minimum atomic E-state index is 0.546. The lowest BCUT2D eigenvalue weighted by Gasteiger charge is -2.09. The van der Waals surface area contributed by atoms with Crippen LogP contribution in [0.2, 0.25) is 0 Å². The number of ether oxygens (including phenoxy) is 2. The summed E-state index contributed by atoms with van der Waals surface area (Å²) in [6.45, 7) is 5.14. The Bertz CT molecular complexity index is 523. The van der Waals surface area contributed by atoms with Crippen LogP contribution >= 0.6 is 0 Å². The molecule has 4 heteroatoms. The van der Waals surface area contributed by atoms with Crippen molar-refractivity contribution in [2.45, 2.75) is 26.5 Å². The molecular formula is C17H23NO3. The Hall–Kier alpha value is -1.78. The van der Waals surface area contributed by atoms with Crippen molar-refractivity contribution in [2.75, 3.05) is 20.3 Å². The van der Waals surface area contributed by atoms with Gasteiger partial charge < -0.3 is 19.2 Å². The van der Waals surface area contributed by atoms with Gasteiger partial charge in [-0.05, 0) is 49.2 Å². The summed E-state index contributed by atoms with van der Waals surface area (Å²) in [6, 6.07) is 10.0. The zero-order valence-electron chi connectivity index (χ0n) is 12.7. The van der Waals surface area contributed by atoms with Gasteiger partial charge in [0, 0.05) is 13.2 Å². The minimum absolute atomic E-state index is 0.546. The molecule has 0 aliphatic carbocycles. The third-order valence-corrected chi connectivity index (χ3v) is 3.26. The van der Waals surface area contributed by atoms with Crippen LogP contribution in [0, 0.1) is 6.92 Å². The highest BCUT2D eigenvalue weighted by Gasteiger charge is 2.00. The van der Waals surface area contributed by atoms with E-state index >= 15 is 0 Å². The molecule has 0 saturated carbocycles. The van der Waals surface area contributed by atoms with E-state index in [1.54, 1.807) is 13.4 Å². The van der Waals surface area contributed by atoms with E-state index in [1.165, 1.54) is 11.1 Å². The third kappa shape index (κ3) is 5.25. The SMILES string of the molecule is COc1ccc(CNCCCOCc2ccco2)cc1C. The van der Waals surface area contributed by atoms with Crippen molar-refractivity contribution in [1.29, 1.82) is 0 Å². The summed E-state index contributed by atoms with van der Waals surface area (Å²) in [4.78, 5) is 0. The summed E-state index contributed by atoms with van der Waals surface area (Å²) in [5, 5.41) is 3.42. The third-order valence-electron chi connectivity index (χ3n) is 3.26. The fraction of sp³-hybridized carbons (Fsp3) is 0.412. The van der Waals surface area contributed by atoms with Crippen LogP contribution in [0.15, 0.2) is 41.0 Å². The van der Waals surface area contributed by atoms with E-state index in [0.29, 0.717) is 6.61 Å². The summed E-state index contributed by atoms with van der Waals surface area (Å²) in [7, 11) is 1.70. The van der Waals surface area contributed by atoms with Crippen molar-refractivity contribution in [1.82, 2.24) is 5.32 Å². The number of hydrogen-bond acceptors (Lipinski definition) is 4. The van der Waals surface area contributed by atoms with Crippen molar-refractivity contribution in [2.24, 2.45) is 0 Å². The Morgan fingerprint density at radius 1 is 1.24 bits per heavy atom. The predicted molar refractivity (Wildman–Crippen MR) is 82.4 cm³/mol. The highest BCUT2D eigenvalue weighted by atomic mass is 16.5. The molecular weight excluding hydrogens is 266 g/mol. The zero-order valence-corrected chi connectivity index (χ0v) is 12.7. The minimum Gasteiger partial charge on any atom is -0.496 e. The Labute approximate surface area is 126 Å². The highest BCUT2D eigenvalue weighted by molar-refractivity contribution is 5.36. The van der Waals surface area contributed by atoms with Crippen LogP contribution in [0.3, 0.4) is 0 Å². The molecule has 0 fully saturated rings. The maximum absolute atomic E-state index is 5.53. The normalized spacial score (nSPS) is 10.8. The first-order valence-electron chi connectivity index (χ1n) is 7.24. The van der Waals surface area contributed by atoms with Gasteiger partial charge in [-0.15, -0.1) is 0 Å². The Balaban J connectivity index is 1.56. The van der Waals surface area contributed by atoms with Crippen LogP contribution in [0.25, 0.3) is 0 Å². The van der Waals surface area contributed by atoms with Gasteiger partial charge in [0.25, 0.3) is 0 Å². The second-order valence-electron chi connectivity index (χ2n) is 4.97. The molecule has 0 amide bonds. The summed E-state index contributed by atoms with van der Waals surface area (Å²) in [5.74, 6) is 1.81. The van der Waals surface area contributed by atoms with Crippen LogP contribution in [-0.2, 0) is 17.9 Å². The second kappa shape index (κ2) is 8.49. The van der Waals surface area contributed by atoms with Crippen LogP contribution in [-0.4, -0.2) is 20.3 Å². The van der Waals surface area contributed by atoms with Gasteiger partial charge in [0.05, 0.1) is 13.4 Å². The Morgan fingerprint density at radius 2 is 2.14 bits per heavy atom. The van der Waals surface area contributed by atoms with Crippen molar-refractivity contribution < 1.29 is 13.9 Å². The lowest BCUT2D eigenvalue weighted by atomic mass is 10.1. The van der Waals surface area contributed by atoms with Gasteiger partial charge in [0.1, 0.15) is 18.1 Å². The van der Waals surface area contributed by atoms with Crippen molar-refractivity contribution in [3.05, 3.63) is 53.5 Å². The molecule has 0 aliphatic heterocycles. The molecule has 114 valence electrons. The molecule has 4 nitrogen and oxygen atoms in total. The number of methoxy groups -OCH3 is 1. The van der Waals surface area contributed by atoms with E-state index in [4.69, 9.17) is 13.9 Å². The number of furan rings is 1. The van der Waals surface area contributed by atoms with E-state index < -0.39 is 0 Å². The van der Waals surface area contributed by atoms with E-state index in [1.807, 2.05) is 18.2 Å². The average molecular weight is 289 g/mol. The van der Waals surface area contributed by atoms with Gasteiger partial charge in [-0.1, -0.05) is 12.1 Å². The van der Waals surface area contributed by atoms with Crippen molar-refractivity contribution >= 4 is 0 Å². The lowest BCUT2D eigenvalue weighted by Crippen LogP contribution is -2.16. The Morgan fingerprint density at radius 3 is 2.86 bits per heavy atom. The molecule has 0 unspecified atom stereocenters. The largest absolute Gasteiger partial charge is 0.496 e. The fourth-order valence-corrected chi connectivity index (χ4v) is 2.15. The molecule has 0 saturated heterocycles. The predicted octanol–water partition coefficient (Wildman–Crippen LogP) is 3.29. The van der Waals surface area contributed by atoms with Gasteiger partial charge in [-0.25, -0.2) is 0 Å². The molecule has 1 heterocycles. The number of hydrogen-bond donors (Lipinski definition) is 1. The number of rotatable bonds is 9. The van der Waals surface area contributed by atoms with E-state index in [9.17, 15) is 0 Å². The molecule has 0 aliphatic rings. The molecule has 21 heavy (non-hydrogen) atoms. The van der Waals surface area contributed by atoms with Gasteiger partial charge in [0.15, 0.2) is 0 Å². The van der Waals surface area contributed by atoms with E-state index in [-0.39, 0.29) is 0 Å². The molecule has 2 rings (SSSR count). The van der Waals surface area contributed by atoms with Crippen LogP contribution in [0.4, 0.5) is 0 Å². The Kier molecular flexibility index (Phi) is 6.31. The highest BCUT2D eigenvalue weighted by Crippen LogP contribution is 2.18. The van der Waals surface area contributed by atoms with Crippen molar-refractivity contribution in [3.8, 4) is 5.75 Å². The topological polar surface area (TPSA) is 43.6 Å². The quantitative estimate of drug-likeness (QED) is 0.719. The smallest absolute Gasteiger partial charge is 0.129 e. The van der Waals surface area contributed by atoms with Crippen LogP contribution in [0.5, 0.6) is 5.75 Å². The molecule has 1 N–H and O–H groups in total. The molecule has 0 spiro atoms. The maximum atomic E-state index is 5.53. The average Bonchev–Trinajstić information content (AvgIpc) is 3.00. The first-order valence-corrected chi connectivity index (χ1v) is 7.24. The number of aryl methyl sites for hydroxylation is 1. The van der Waals surface area contributed by atoms with Crippen molar-refractivity contribution in [3.63, 3.8) is 0 Å². The number of nitrogens with one attached hydrogen (secondary N) is 1. The molecule has 0 radical (unpaired) electrons. The molecule has 0 atom stereocenters. The van der Waals surface area contributed by atoms with Gasteiger partial charge in [-0.2, -0.15) is 0 Å². The van der Waals surface area contributed by atoms with E-state index in [0.717, 1.165) is 37.6 Å². The monoisotopic (exact) mass is 289 g/mol. The first kappa shape index (κ1) is 15.6. The standard InChI is InChI=1S/C17H23NO3/c1-14-11-15(6-7-17(14)19-2)12-18-8-4-9-20-13-16-5-3-10-21-16/h3,5-7,10-11,18H,4,8-9,12-13H2,1-2H3. The summed E-state index contributed by atoms with van der Waals surface area (Å²) in [6.07, 6.45) is 2.65. The van der Waals surface area contributed by atoms with Gasteiger partial charge in [0.2, 0.25) is 0 Å². The summed E-state index contributed by atoms with van der Waals surface area (Å²) in [5.41, 5.74) is 2.43. The van der Waals surface area contributed by atoms with Gasteiger partial charge >= 0.3 is 0 Å². The van der Waals surface area contributed by atoms with Gasteiger partial charge in [-0.3, -0.25) is 0 Å². The fourth-order valence-electron chi connectivity index (χ4n) is 2.15. The molecule has 1 aromatic carbocycles. The zero-order chi connectivity index (χ0) is 14.9. The van der Waals surface area contributed by atoms with E-state index in [2.05, 4.69) is 24.4 Å². The lowest BCUT2D eigenvalue weighted by molar-refractivity contribution is 0.104. The van der Waals surface area contributed by atoms with Crippen LogP contribution < -0.4 is 10.1 Å². The molecule has 2 aromatic rings. The molecule has 0 bridgehead atoms. The summed E-state index contributed by atoms with van der Waals surface area (Å²) < 4.78 is 16.0. The number of benzene rings is 1.